The first kappa shape index (κ1) is 22.4. The van der Waals surface area contributed by atoms with E-state index in [0.29, 0.717) is 11.5 Å². The monoisotopic (exact) mass is 416 g/mol. The van der Waals surface area contributed by atoms with Gasteiger partial charge in [0.25, 0.3) is 0 Å². The van der Waals surface area contributed by atoms with Crippen molar-refractivity contribution in [1.82, 2.24) is 0 Å². The topological polar surface area (TPSA) is 136 Å². The molecule has 0 bridgehead atoms. The summed E-state index contributed by atoms with van der Waals surface area (Å²) in [6.45, 7) is 0. The van der Waals surface area contributed by atoms with Crippen LogP contribution >= 0.6 is 0 Å². The first-order chi connectivity index (χ1) is 14.3. The first-order valence-electron chi connectivity index (χ1n) is 8.74. The van der Waals surface area contributed by atoms with Gasteiger partial charge in [0.15, 0.2) is 5.78 Å². The maximum absolute atomic E-state index is 12.5. The lowest BCUT2D eigenvalue weighted by atomic mass is 9.93. The number of carbonyl (C=O) groups excluding carboxylic acids is 2. The molecule has 0 saturated heterocycles. The van der Waals surface area contributed by atoms with Crippen molar-refractivity contribution in [1.29, 1.82) is 0 Å². The Morgan fingerprint density at radius 1 is 0.767 bits per heavy atom. The summed E-state index contributed by atoms with van der Waals surface area (Å²) in [7, 11) is 2.89. The summed E-state index contributed by atoms with van der Waals surface area (Å²) in [5, 5.41) is 18.9. The zero-order valence-corrected chi connectivity index (χ0v) is 16.2. The van der Waals surface area contributed by atoms with Gasteiger partial charge >= 0.3 is 17.9 Å². The molecule has 0 aromatic heterocycles. The van der Waals surface area contributed by atoms with E-state index in [1.807, 2.05) is 0 Å². The number of ketones is 1. The van der Waals surface area contributed by atoms with E-state index in [1.165, 1.54) is 62.8 Å². The highest BCUT2D eigenvalue weighted by atomic mass is 16.6. The van der Waals surface area contributed by atoms with E-state index >= 15 is 0 Å². The minimum Gasteiger partial charge on any atom is -0.497 e. The molecule has 0 spiro atoms. The molecule has 0 saturated carbocycles. The Kier molecular flexibility index (Phi) is 7.51. The highest BCUT2D eigenvalue weighted by Crippen LogP contribution is 2.21. The van der Waals surface area contributed by atoms with E-state index < -0.39 is 42.1 Å². The molecule has 0 fully saturated rings. The number of rotatable bonds is 10. The van der Waals surface area contributed by atoms with Gasteiger partial charge in [-0.05, 0) is 48.5 Å². The molecule has 0 aliphatic rings. The van der Waals surface area contributed by atoms with E-state index in [9.17, 15) is 29.4 Å². The van der Waals surface area contributed by atoms with Crippen molar-refractivity contribution in [2.24, 2.45) is 5.92 Å². The highest BCUT2D eigenvalue weighted by Gasteiger charge is 2.39. The van der Waals surface area contributed by atoms with Crippen LogP contribution in [-0.2, 0) is 14.3 Å². The van der Waals surface area contributed by atoms with Crippen molar-refractivity contribution in [3.63, 3.8) is 0 Å². The van der Waals surface area contributed by atoms with Crippen LogP contribution in [0.5, 0.6) is 11.5 Å². The van der Waals surface area contributed by atoms with Gasteiger partial charge in [-0.1, -0.05) is 0 Å². The molecule has 0 aliphatic heterocycles. The second kappa shape index (κ2) is 10.1. The fraction of sp³-hybridized carbons (Fsp3) is 0.238. The largest absolute Gasteiger partial charge is 0.497 e. The number of esters is 1. The average Bonchev–Trinajstić information content (AvgIpc) is 2.75. The Hall–Kier alpha value is -3.88. The predicted octanol–water partition coefficient (Wildman–Crippen LogP) is 2.29. The molecule has 30 heavy (non-hydrogen) atoms. The van der Waals surface area contributed by atoms with E-state index in [0.717, 1.165) is 0 Å². The molecule has 9 nitrogen and oxygen atoms in total. The minimum absolute atomic E-state index is 0.00710. The fourth-order valence-corrected chi connectivity index (χ4v) is 2.63. The number of ether oxygens (including phenoxy) is 3. The number of hydrogen-bond acceptors (Lipinski definition) is 7. The number of aliphatic carboxylic acids is 2. The van der Waals surface area contributed by atoms with Gasteiger partial charge in [0.2, 0.25) is 6.10 Å². The summed E-state index contributed by atoms with van der Waals surface area (Å²) in [4.78, 5) is 48.1. The number of carboxylic acid groups (broad SMARTS) is 2. The molecule has 2 aromatic carbocycles. The third-order valence-corrected chi connectivity index (χ3v) is 4.30. The summed E-state index contributed by atoms with van der Waals surface area (Å²) in [6.07, 6.45) is -2.73. The molecule has 158 valence electrons. The maximum Gasteiger partial charge on any atom is 0.345 e. The van der Waals surface area contributed by atoms with Gasteiger partial charge < -0.3 is 24.4 Å². The van der Waals surface area contributed by atoms with E-state index in [2.05, 4.69) is 0 Å². The number of carbonyl (C=O) groups is 4. The zero-order valence-electron chi connectivity index (χ0n) is 16.2. The third kappa shape index (κ3) is 5.57. The predicted molar refractivity (Wildman–Crippen MR) is 103 cm³/mol. The van der Waals surface area contributed by atoms with Crippen molar-refractivity contribution in [2.45, 2.75) is 12.5 Å². The molecule has 9 heteroatoms. The average molecular weight is 416 g/mol. The van der Waals surface area contributed by atoms with Gasteiger partial charge in [0.1, 0.15) is 17.4 Å². The van der Waals surface area contributed by atoms with Gasteiger partial charge in [0, 0.05) is 12.0 Å². The molecular weight excluding hydrogens is 396 g/mol. The van der Waals surface area contributed by atoms with Crippen LogP contribution in [0.4, 0.5) is 0 Å². The Labute approximate surface area is 171 Å². The lowest BCUT2D eigenvalue weighted by Crippen LogP contribution is -2.40. The highest BCUT2D eigenvalue weighted by molar-refractivity contribution is 5.99. The van der Waals surface area contributed by atoms with Gasteiger partial charge in [0.05, 0.1) is 19.8 Å². The Balaban J connectivity index is 2.19. The van der Waals surface area contributed by atoms with Gasteiger partial charge in [-0.3, -0.25) is 9.59 Å². The van der Waals surface area contributed by atoms with Crippen molar-refractivity contribution in [3.8, 4) is 11.5 Å². The van der Waals surface area contributed by atoms with Crippen LogP contribution in [-0.4, -0.2) is 54.2 Å². The molecule has 2 atom stereocenters. The van der Waals surface area contributed by atoms with Crippen LogP contribution in [0, 0.1) is 5.92 Å². The van der Waals surface area contributed by atoms with Crippen LogP contribution in [0.1, 0.15) is 27.1 Å². The summed E-state index contributed by atoms with van der Waals surface area (Å²) >= 11 is 0. The normalized spacial score (nSPS) is 12.3. The Bertz CT molecular complexity index is 839. The van der Waals surface area contributed by atoms with Crippen LogP contribution in [0.25, 0.3) is 0 Å². The smallest absolute Gasteiger partial charge is 0.345 e. The van der Waals surface area contributed by atoms with E-state index in [1.54, 1.807) is 0 Å². The second-order valence-corrected chi connectivity index (χ2v) is 6.19. The molecular formula is C21H20O9. The lowest BCUT2D eigenvalue weighted by molar-refractivity contribution is -0.159. The summed E-state index contributed by atoms with van der Waals surface area (Å²) < 4.78 is 14.9. The van der Waals surface area contributed by atoms with E-state index in [4.69, 9.17) is 14.2 Å². The first-order valence-corrected chi connectivity index (χ1v) is 8.74. The summed E-state index contributed by atoms with van der Waals surface area (Å²) in [5.41, 5.74) is 0.181. The molecule has 0 heterocycles. The standard InChI is InChI=1S/C21H20O9/c1-28-14-7-3-12(4-8-14)17(22)11-16(19(23)24)18(20(25)26)30-21(27)13-5-9-15(29-2)10-6-13/h3-10,16,18H,11H2,1-2H3,(H,23,24)(H,25,26)/t16-,18-/m0/s1. The summed E-state index contributed by atoms with van der Waals surface area (Å²) in [5.74, 6) is -5.71. The number of carboxylic acids is 2. The molecule has 0 radical (unpaired) electrons. The SMILES string of the molecule is COc1ccc(C(=O)C[C@H](C(=O)O)[C@H](OC(=O)c2ccc(OC)cc2)C(=O)O)cc1. The molecule has 0 aliphatic carbocycles. The van der Waals surface area contributed by atoms with Gasteiger partial charge in [-0.2, -0.15) is 0 Å². The lowest BCUT2D eigenvalue weighted by Gasteiger charge is -2.20. The van der Waals surface area contributed by atoms with Gasteiger partial charge in [-0.25, -0.2) is 9.59 Å². The van der Waals surface area contributed by atoms with Crippen LogP contribution in [0.3, 0.4) is 0 Å². The second-order valence-electron chi connectivity index (χ2n) is 6.19. The number of benzene rings is 2. The zero-order chi connectivity index (χ0) is 22.3. The van der Waals surface area contributed by atoms with E-state index in [-0.39, 0.29) is 11.1 Å². The molecule has 0 unspecified atom stereocenters. The number of hydrogen-bond donors (Lipinski definition) is 2. The minimum atomic E-state index is -2.06. The van der Waals surface area contributed by atoms with Crippen molar-refractivity contribution in [2.75, 3.05) is 14.2 Å². The van der Waals surface area contributed by atoms with Crippen LogP contribution in [0.15, 0.2) is 48.5 Å². The van der Waals surface area contributed by atoms with Gasteiger partial charge in [-0.15, -0.1) is 0 Å². The number of Topliss-reactive ketones (excluding diaryl/α,β-unsaturated/α-hetero) is 1. The fourth-order valence-electron chi connectivity index (χ4n) is 2.63. The maximum atomic E-state index is 12.5. The van der Waals surface area contributed by atoms with Crippen molar-refractivity contribution >= 4 is 23.7 Å². The summed E-state index contributed by atoms with van der Waals surface area (Å²) in [6, 6.07) is 11.5. The molecule has 0 amide bonds. The third-order valence-electron chi connectivity index (χ3n) is 4.30. The van der Waals surface area contributed by atoms with Crippen LogP contribution < -0.4 is 9.47 Å². The quantitative estimate of drug-likeness (QED) is 0.441. The Morgan fingerprint density at radius 2 is 1.23 bits per heavy atom. The molecule has 2 N–H and O–H groups in total. The van der Waals surface area contributed by atoms with Crippen molar-refractivity contribution in [3.05, 3.63) is 59.7 Å². The van der Waals surface area contributed by atoms with Crippen LogP contribution in [0.2, 0.25) is 0 Å². The number of methoxy groups -OCH3 is 2. The molecule has 2 rings (SSSR count). The Morgan fingerprint density at radius 3 is 1.63 bits per heavy atom. The van der Waals surface area contributed by atoms with Crippen molar-refractivity contribution < 1.29 is 43.6 Å². The molecule has 2 aromatic rings.